The summed E-state index contributed by atoms with van der Waals surface area (Å²) in [5.74, 6) is -0.0814. The van der Waals surface area contributed by atoms with Gasteiger partial charge < -0.3 is 9.64 Å². The summed E-state index contributed by atoms with van der Waals surface area (Å²) in [5, 5.41) is 8.76. The van der Waals surface area contributed by atoms with Crippen molar-refractivity contribution in [1.82, 2.24) is 4.90 Å². The van der Waals surface area contributed by atoms with Crippen LogP contribution in [0.3, 0.4) is 0 Å². The molecule has 4 nitrogen and oxygen atoms in total. The van der Waals surface area contributed by atoms with E-state index >= 15 is 0 Å². The monoisotopic (exact) mass is 216 g/mol. The molecule has 0 spiro atoms. The second-order valence-electron chi connectivity index (χ2n) is 3.66. The molecule has 1 aliphatic heterocycles. The third-order valence-electron chi connectivity index (χ3n) is 2.63. The molecular weight excluding hydrogens is 204 g/mol. The van der Waals surface area contributed by atoms with E-state index in [1.54, 1.807) is 29.2 Å². The molecule has 0 saturated carbocycles. The number of carbonyl (C=O) groups is 1. The van der Waals surface area contributed by atoms with Crippen LogP contribution in [-0.2, 0) is 4.74 Å². The van der Waals surface area contributed by atoms with Crippen LogP contribution in [0.4, 0.5) is 0 Å². The van der Waals surface area contributed by atoms with Crippen LogP contribution in [0, 0.1) is 11.3 Å². The minimum Gasteiger partial charge on any atom is -0.357 e. The molecule has 1 unspecified atom stereocenters. The minimum atomic E-state index is -0.182. The van der Waals surface area contributed by atoms with Gasteiger partial charge in [0.25, 0.3) is 5.91 Å². The number of nitriles is 1. The Hall–Kier alpha value is -1.86. The van der Waals surface area contributed by atoms with Crippen molar-refractivity contribution in [3.05, 3.63) is 35.4 Å². The molecule has 4 heteroatoms. The maximum absolute atomic E-state index is 12.1. The Bertz CT molecular complexity index is 451. The maximum Gasteiger partial charge on any atom is 0.256 e. The fourth-order valence-corrected chi connectivity index (χ4v) is 1.75. The van der Waals surface area contributed by atoms with E-state index in [2.05, 4.69) is 0 Å². The summed E-state index contributed by atoms with van der Waals surface area (Å²) >= 11 is 0. The predicted molar refractivity (Wildman–Crippen MR) is 57.6 cm³/mol. The summed E-state index contributed by atoms with van der Waals surface area (Å²) in [6, 6.07) is 8.74. The summed E-state index contributed by atoms with van der Waals surface area (Å²) < 4.78 is 5.30. The highest BCUT2D eigenvalue weighted by molar-refractivity contribution is 5.94. The van der Waals surface area contributed by atoms with Crippen molar-refractivity contribution in [2.45, 2.75) is 13.2 Å². The quantitative estimate of drug-likeness (QED) is 0.712. The zero-order valence-electron chi connectivity index (χ0n) is 9.01. The first-order valence-corrected chi connectivity index (χ1v) is 5.15. The number of nitrogens with zero attached hydrogens (tertiary/aromatic N) is 2. The summed E-state index contributed by atoms with van der Waals surface area (Å²) in [6.07, 6.45) is -0.182. The van der Waals surface area contributed by atoms with Gasteiger partial charge in [-0.05, 0) is 25.1 Å². The summed E-state index contributed by atoms with van der Waals surface area (Å²) in [4.78, 5) is 13.7. The van der Waals surface area contributed by atoms with Crippen molar-refractivity contribution in [3.63, 3.8) is 0 Å². The van der Waals surface area contributed by atoms with Gasteiger partial charge in [-0.2, -0.15) is 5.26 Å². The van der Waals surface area contributed by atoms with Crippen LogP contribution in [-0.4, -0.2) is 30.2 Å². The zero-order chi connectivity index (χ0) is 11.5. The normalized spacial score (nSPS) is 19.5. The Labute approximate surface area is 94.0 Å². The van der Waals surface area contributed by atoms with Crippen molar-refractivity contribution >= 4 is 5.91 Å². The van der Waals surface area contributed by atoms with E-state index in [9.17, 15) is 4.79 Å². The number of amides is 1. The molecule has 1 amide bonds. The summed E-state index contributed by atoms with van der Waals surface area (Å²) in [7, 11) is 0. The molecule has 1 aromatic carbocycles. The molecule has 1 aliphatic rings. The van der Waals surface area contributed by atoms with Crippen molar-refractivity contribution in [1.29, 1.82) is 5.26 Å². The Morgan fingerprint density at radius 2 is 2.44 bits per heavy atom. The molecule has 82 valence electrons. The zero-order valence-corrected chi connectivity index (χ0v) is 9.01. The number of rotatable bonds is 1. The molecule has 16 heavy (non-hydrogen) atoms. The number of hydrogen-bond donors (Lipinski definition) is 0. The van der Waals surface area contributed by atoms with Gasteiger partial charge in [-0.1, -0.05) is 6.07 Å². The second kappa shape index (κ2) is 4.33. The first-order chi connectivity index (χ1) is 7.72. The molecule has 1 heterocycles. The third kappa shape index (κ3) is 1.90. The molecule has 0 aromatic heterocycles. The molecule has 1 atom stereocenters. The van der Waals surface area contributed by atoms with Crippen LogP contribution in [0.1, 0.15) is 22.8 Å². The third-order valence-corrected chi connectivity index (χ3v) is 2.63. The van der Waals surface area contributed by atoms with Gasteiger partial charge in [-0.3, -0.25) is 4.79 Å². The lowest BCUT2D eigenvalue weighted by molar-refractivity contribution is 0.0378. The number of carbonyl (C=O) groups excluding carboxylic acids is 1. The molecular formula is C12H12N2O2. The largest absolute Gasteiger partial charge is 0.357 e. The first-order valence-electron chi connectivity index (χ1n) is 5.15. The van der Waals surface area contributed by atoms with Gasteiger partial charge >= 0.3 is 0 Å². The number of ether oxygens (including phenoxy) is 1. The molecule has 1 aromatic rings. The van der Waals surface area contributed by atoms with Crippen molar-refractivity contribution in [2.24, 2.45) is 0 Å². The summed E-state index contributed by atoms with van der Waals surface area (Å²) in [6.45, 7) is 3.03. The summed E-state index contributed by atoms with van der Waals surface area (Å²) in [5.41, 5.74) is 1.04. The van der Waals surface area contributed by atoms with Crippen LogP contribution >= 0.6 is 0 Å². The average molecular weight is 216 g/mol. The highest BCUT2D eigenvalue weighted by Crippen LogP contribution is 2.14. The predicted octanol–water partition coefficient (Wildman–Crippen LogP) is 1.38. The molecule has 1 fully saturated rings. The van der Waals surface area contributed by atoms with Gasteiger partial charge in [0.2, 0.25) is 0 Å². The smallest absolute Gasteiger partial charge is 0.256 e. The second-order valence-corrected chi connectivity index (χ2v) is 3.66. The molecule has 0 bridgehead atoms. The van der Waals surface area contributed by atoms with E-state index in [1.165, 1.54) is 0 Å². The van der Waals surface area contributed by atoms with Gasteiger partial charge in [0.05, 0.1) is 18.2 Å². The standard InChI is InChI=1S/C12H12N2O2/c1-9-14(5-6-16-9)12(15)11-4-2-3-10(7-11)8-13/h2-4,7,9H,5-6H2,1H3. The fourth-order valence-electron chi connectivity index (χ4n) is 1.75. The van der Waals surface area contributed by atoms with Crippen molar-refractivity contribution < 1.29 is 9.53 Å². The molecule has 2 rings (SSSR count). The Morgan fingerprint density at radius 1 is 1.62 bits per heavy atom. The van der Waals surface area contributed by atoms with E-state index in [1.807, 2.05) is 13.0 Å². The molecule has 0 N–H and O–H groups in total. The number of benzene rings is 1. The van der Waals surface area contributed by atoms with E-state index < -0.39 is 0 Å². The van der Waals surface area contributed by atoms with E-state index in [-0.39, 0.29) is 12.1 Å². The van der Waals surface area contributed by atoms with Crippen LogP contribution in [0.5, 0.6) is 0 Å². The highest BCUT2D eigenvalue weighted by Gasteiger charge is 2.26. The van der Waals surface area contributed by atoms with Gasteiger partial charge in [-0.15, -0.1) is 0 Å². The van der Waals surface area contributed by atoms with Gasteiger partial charge in [0.15, 0.2) is 0 Å². The lowest BCUT2D eigenvalue weighted by atomic mass is 10.1. The number of hydrogen-bond acceptors (Lipinski definition) is 3. The van der Waals surface area contributed by atoms with Crippen LogP contribution in [0.2, 0.25) is 0 Å². The lowest BCUT2D eigenvalue weighted by Crippen LogP contribution is -2.34. The van der Waals surface area contributed by atoms with Gasteiger partial charge in [0.1, 0.15) is 6.23 Å². The molecule has 0 aliphatic carbocycles. The lowest BCUT2D eigenvalue weighted by Gasteiger charge is -2.19. The van der Waals surface area contributed by atoms with Gasteiger partial charge in [-0.25, -0.2) is 0 Å². The Morgan fingerprint density at radius 3 is 3.06 bits per heavy atom. The molecule has 0 radical (unpaired) electrons. The Kier molecular flexibility index (Phi) is 2.88. The van der Waals surface area contributed by atoms with Crippen LogP contribution in [0.25, 0.3) is 0 Å². The van der Waals surface area contributed by atoms with E-state index in [0.29, 0.717) is 24.3 Å². The Balaban J connectivity index is 2.24. The fraction of sp³-hybridized carbons (Fsp3) is 0.333. The SMILES string of the molecule is CC1OCCN1C(=O)c1cccc(C#N)c1. The topological polar surface area (TPSA) is 53.3 Å². The van der Waals surface area contributed by atoms with Crippen molar-refractivity contribution in [3.8, 4) is 6.07 Å². The first kappa shape index (κ1) is 10.7. The molecule has 1 saturated heterocycles. The van der Waals surface area contributed by atoms with Crippen molar-refractivity contribution in [2.75, 3.05) is 13.2 Å². The maximum atomic E-state index is 12.1. The van der Waals surface area contributed by atoms with Gasteiger partial charge in [0, 0.05) is 12.1 Å². The van der Waals surface area contributed by atoms with Crippen LogP contribution < -0.4 is 0 Å². The average Bonchev–Trinajstić information content (AvgIpc) is 2.74. The van der Waals surface area contributed by atoms with E-state index in [0.717, 1.165) is 0 Å². The van der Waals surface area contributed by atoms with Crippen LogP contribution in [0.15, 0.2) is 24.3 Å². The highest BCUT2D eigenvalue weighted by atomic mass is 16.5. The minimum absolute atomic E-state index is 0.0814. The van der Waals surface area contributed by atoms with E-state index in [4.69, 9.17) is 10.00 Å².